The van der Waals surface area contributed by atoms with Crippen LogP contribution in [0.5, 0.6) is 0 Å². The lowest BCUT2D eigenvalue weighted by Gasteiger charge is -2.15. The molecule has 3 heterocycles. The van der Waals surface area contributed by atoms with Crippen molar-refractivity contribution < 1.29 is 0 Å². The lowest BCUT2D eigenvalue weighted by Crippen LogP contribution is -2.30. The Kier molecular flexibility index (Phi) is 4.68. The molecule has 112 valence electrons. The fourth-order valence-electron chi connectivity index (χ4n) is 2.91. The Bertz CT molecular complexity index is 570. The minimum Gasteiger partial charge on any atom is -0.310 e. The number of likely N-dealkylation sites (tertiary alicyclic amines) is 1. The number of rotatable bonds is 6. The number of hydrogen-bond donors (Lipinski definition) is 1. The second-order valence-corrected chi connectivity index (χ2v) is 5.73. The van der Waals surface area contributed by atoms with Gasteiger partial charge in [-0.05, 0) is 57.1 Å². The van der Waals surface area contributed by atoms with Gasteiger partial charge >= 0.3 is 0 Å². The van der Waals surface area contributed by atoms with Gasteiger partial charge in [0.15, 0.2) is 0 Å². The smallest absolute Gasteiger partial charge is 0.137 e. The summed E-state index contributed by atoms with van der Waals surface area (Å²) in [4.78, 5) is 7.13. The standard InChI is InChI=1S/C17H24N4/c1-15-6-4-8-17(19-15)21-12-5-7-16(21)14-18-9-13-20-10-2-3-11-20/h4-8,12,18H,2-3,9-11,13-14H2,1H3. The number of pyridine rings is 1. The summed E-state index contributed by atoms with van der Waals surface area (Å²) >= 11 is 0. The highest BCUT2D eigenvalue weighted by atomic mass is 15.2. The lowest BCUT2D eigenvalue weighted by molar-refractivity contribution is 0.335. The third kappa shape index (κ3) is 3.71. The molecule has 1 fully saturated rings. The van der Waals surface area contributed by atoms with E-state index in [0.29, 0.717) is 0 Å². The minimum absolute atomic E-state index is 0.885. The first-order valence-corrected chi connectivity index (χ1v) is 7.86. The fourth-order valence-corrected chi connectivity index (χ4v) is 2.91. The molecule has 1 saturated heterocycles. The molecule has 1 aliphatic heterocycles. The van der Waals surface area contributed by atoms with Gasteiger partial charge in [-0.2, -0.15) is 0 Å². The normalized spacial score (nSPS) is 15.7. The maximum atomic E-state index is 4.59. The van der Waals surface area contributed by atoms with Gasteiger partial charge in [-0.1, -0.05) is 6.07 Å². The molecule has 21 heavy (non-hydrogen) atoms. The first kappa shape index (κ1) is 14.3. The molecule has 2 aromatic rings. The average molecular weight is 284 g/mol. The van der Waals surface area contributed by atoms with Crippen molar-refractivity contribution in [2.45, 2.75) is 26.3 Å². The van der Waals surface area contributed by atoms with Gasteiger partial charge in [-0.25, -0.2) is 4.98 Å². The van der Waals surface area contributed by atoms with Crippen molar-refractivity contribution >= 4 is 0 Å². The van der Waals surface area contributed by atoms with Crippen molar-refractivity contribution in [2.24, 2.45) is 0 Å². The van der Waals surface area contributed by atoms with Crippen molar-refractivity contribution in [3.8, 4) is 5.82 Å². The second kappa shape index (κ2) is 6.87. The van der Waals surface area contributed by atoms with Crippen LogP contribution in [0.3, 0.4) is 0 Å². The van der Waals surface area contributed by atoms with E-state index >= 15 is 0 Å². The SMILES string of the molecule is Cc1cccc(-n2cccc2CNCCN2CCCC2)n1. The summed E-state index contributed by atoms with van der Waals surface area (Å²) in [5.74, 6) is 0.997. The summed E-state index contributed by atoms with van der Waals surface area (Å²) in [6, 6.07) is 10.4. The molecular formula is C17H24N4. The van der Waals surface area contributed by atoms with Crippen LogP contribution in [0.2, 0.25) is 0 Å². The van der Waals surface area contributed by atoms with Crippen LogP contribution >= 0.6 is 0 Å². The molecule has 0 atom stereocenters. The van der Waals surface area contributed by atoms with Gasteiger partial charge in [0, 0.05) is 37.2 Å². The largest absolute Gasteiger partial charge is 0.310 e. The number of nitrogens with one attached hydrogen (secondary N) is 1. The third-order valence-corrected chi connectivity index (χ3v) is 4.06. The zero-order valence-corrected chi connectivity index (χ0v) is 12.8. The van der Waals surface area contributed by atoms with E-state index in [1.54, 1.807) is 0 Å². The third-order valence-electron chi connectivity index (χ3n) is 4.06. The van der Waals surface area contributed by atoms with E-state index in [9.17, 15) is 0 Å². The van der Waals surface area contributed by atoms with Gasteiger partial charge in [-0.15, -0.1) is 0 Å². The molecule has 4 nitrogen and oxygen atoms in total. The van der Waals surface area contributed by atoms with E-state index in [0.717, 1.165) is 31.1 Å². The molecular weight excluding hydrogens is 260 g/mol. The molecule has 4 heteroatoms. The Morgan fingerprint density at radius 1 is 1.14 bits per heavy atom. The molecule has 0 saturated carbocycles. The quantitative estimate of drug-likeness (QED) is 0.827. The van der Waals surface area contributed by atoms with E-state index in [4.69, 9.17) is 0 Å². The molecule has 0 aromatic carbocycles. The number of hydrogen-bond acceptors (Lipinski definition) is 3. The lowest BCUT2D eigenvalue weighted by atomic mass is 10.3. The van der Waals surface area contributed by atoms with Crippen LogP contribution in [0, 0.1) is 6.92 Å². The van der Waals surface area contributed by atoms with Crippen LogP contribution in [-0.4, -0.2) is 40.6 Å². The van der Waals surface area contributed by atoms with Gasteiger partial charge in [0.1, 0.15) is 5.82 Å². The minimum atomic E-state index is 0.885. The van der Waals surface area contributed by atoms with Gasteiger partial charge in [0.2, 0.25) is 0 Å². The molecule has 0 spiro atoms. The van der Waals surface area contributed by atoms with Crippen molar-refractivity contribution in [2.75, 3.05) is 26.2 Å². The van der Waals surface area contributed by atoms with E-state index in [1.807, 2.05) is 13.0 Å². The summed E-state index contributed by atoms with van der Waals surface area (Å²) in [5, 5.41) is 3.55. The Morgan fingerprint density at radius 2 is 2.00 bits per heavy atom. The maximum Gasteiger partial charge on any atom is 0.137 e. The Balaban J connectivity index is 1.55. The number of aryl methyl sites for hydroxylation is 1. The zero-order valence-electron chi connectivity index (χ0n) is 12.8. The van der Waals surface area contributed by atoms with Gasteiger partial charge in [0.25, 0.3) is 0 Å². The van der Waals surface area contributed by atoms with E-state index in [1.165, 1.54) is 31.6 Å². The fraction of sp³-hybridized carbons (Fsp3) is 0.471. The highest BCUT2D eigenvalue weighted by Crippen LogP contribution is 2.11. The van der Waals surface area contributed by atoms with E-state index in [2.05, 4.69) is 50.2 Å². The summed E-state index contributed by atoms with van der Waals surface area (Å²) in [7, 11) is 0. The summed E-state index contributed by atoms with van der Waals surface area (Å²) < 4.78 is 2.16. The summed E-state index contributed by atoms with van der Waals surface area (Å²) in [6.07, 6.45) is 4.81. The van der Waals surface area contributed by atoms with Gasteiger partial charge < -0.3 is 14.8 Å². The van der Waals surface area contributed by atoms with E-state index < -0.39 is 0 Å². The molecule has 1 aliphatic rings. The molecule has 3 rings (SSSR count). The molecule has 0 amide bonds. The van der Waals surface area contributed by atoms with Crippen molar-refractivity contribution in [1.82, 2.24) is 19.8 Å². The van der Waals surface area contributed by atoms with E-state index in [-0.39, 0.29) is 0 Å². The molecule has 2 aromatic heterocycles. The van der Waals surface area contributed by atoms with Crippen molar-refractivity contribution in [1.29, 1.82) is 0 Å². The van der Waals surface area contributed by atoms with Crippen LogP contribution < -0.4 is 5.32 Å². The van der Waals surface area contributed by atoms with Crippen LogP contribution in [0.4, 0.5) is 0 Å². The first-order chi connectivity index (χ1) is 10.3. The van der Waals surface area contributed by atoms with Gasteiger partial charge in [-0.3, -0.25) is 0 Å². The number of aromatic nitrogens is 2. The van der Waals surface area contributed by atoms with Crippen molar-refractivity contribution in [3.05, 3.63) is 47.9 Å². The molecule has 0 bridgehead atoms. The molecule has 0 aliphatic carbocycles. The maximum absolute atomic E-state index is 4.59. The average Bonchev–Trinajstić information content (AvgIpc) is 3.15. The predicted molar refractivity (Wildman–Crippen MR) is 85.7 cm³/mol. The summed E-state index contributed by atoms with van der Waals surface area (Å²) in [5.41, 5.74) is 2.31. The topological polar surface area (TPSA) is 33.1 Å². The Hall–Kier alpha value is -1.65. The van der Waals surface area contributed by atoms with Crippen LogP contribution in [0.25, 0.3) is 5.82 Å². The Morgan fingerprint density at radius 3 is 2.81 bits per heavy atom. The monoisotopic (exact) mass is 284 g/mol. The number of nitrogens with zero attached hydrogens (tertiary/aromatic N) is 3. The van der Waals surface area contributed by atoms with Crippen LogP contribution in [0.15, 0.2) is 36.5 Å². The van der Waals surface area contributed by atoms with Crippen LogP contribution in [0.1, 0.15) is 24.2 Å². The zero-order chi connectivity index (χ0) is 14.5. The second-order valence-electron chi connectivity index (χ2n) is 5.73. The van der Waals surface area contributed by atoms with Crippen LogP contribution in [-0.2, 0) is 6.54 Å². The van der Waals surface area contributed by atoms with Crippen molar-refractivity contribution in [3.63, 3.8) is 0 Å². The predicted octanol–water partition coefficient (Wildman–Crippen LogP) is 2.37. The molecule has 1 N–H and O–H groups in total. The first-order valence-electron chi connectivity index (χ1n) is 7.86. The Labute approximate surface area is 126 Å². The highest BCUT2D eigenvalue weighted by Gasteiger charge is 2.10. The molecule has 0 unspecified atom stereocenters. The highest BCUT2D eigenvalue weighted by molar-refractivity contribution is 5.29. The molecule has 0 radical (unpaired) electrons. The summed E-state index contributed by atoms with van der Waals surface area (Å²) in [6.45, 7) is 7.66. The van der Waals surface area contributed by atoms with Gasteiger partial charge in [0.05, 0.1) is 0 Å².